The minimum atomic E-state index is -0.379. The molecule has 0 spiro atoms. The van der Waals surface area contributed by atoms with Crippen LogP contribution in [-0.4, -0.2) is 93.5 Å². The van der Waals surface area contributed by atoms with Crippen LogP contribution in [0.3, 0.4) is 0 Å². The molecule has 0 unspecified atom stereocenters. The molecule has 0 bridgehead atoms. The number of aliphatic hydroxyl groups is 2. The minimum absolute atomic E-state index is 0.140. The monoisotopic (exact) mass is 336 g/mol. The summed E-state index contributed by atoms with van der Waals surface area (Å²) in [6.45, 7) is 7.51. The van der Waals surface area contributed by atoms with Gasteiger partial charge in [-0.2, -0.15) is 0 Å². The van der Waals surface area contributed by atoms with E-state index in [1.807, 2.05) is 0 Å². The second-order valence-corrected chi connectivity index (χ2v) is 7.02. The van der Waals surface area contributed by atoms with E-state index in [0.717, 1.165) is 38.3 Å². The summed E-state index contributed by atoms with van der Waals surface area (Å²) < 4.78 is 0. The number of nitrogens with zero attached hydrogens (tertiary/aromatic N) is 4. The van der Waals surface area contributed by atoms with Crippen LogP contribution in [-0.2, 0) is 13.2 Å². The maximum absolute atomic E-state index is 10.5. The van der Waals surface area contributed by atoms with Crippen molar-refractivity contribution in [2.45, 2.75) is 32.2 Å². The molecule has 0 aliphatic carbocycles. The summed E-state index contributed by atoms with van der Waals surface area (Å²) in [7, 11) is 2.12. The maximum Gasteiger partial charge on any atom is 0.141 e. The van der Waals surface area contributed by atoms with Crippen LogP contribution in [0.5, 0.6) is 5.75 Å². The molecular weight excluding hydrogens is 308 g/mol. The molecule has 2 saturated heterocycles. The molecule has 0 aromatic carbocycles. The van der Waals surface area contributed by atoms with Gasteiger partial charge in [-0.15, -0.1) is 0 Å². The van der Waals surface area contributed by atoms with Gasteiger partial charge in [-0.3, -0.25) is 14.8 Å². The second-order valence-electron chi connectivity index (χ2n) is 7.02. The quantitative estimate of drug-likeness (QED) is 0.676. The predicted octanol–water partition coefficient (Wildman–Crippen LogP) is -0.620. The second kappa shape index (κ2) is 7.33. The van der Waals surface area contributed by atoms with Crippen LogP contribution >= 0.6 is 0 Å². The van der Waals surface area contributed by atoms with Crippen LogP contribution in [0.15, 0.2) is 6.20 Å². The van der Waals surface area contributed by atoms with E-state index in [1.165, 1.54) is 0 Å². The van der Waals surface area contributed by atoms with Gasteiger partial charge < -0.3 is 20.2 Å². The lowest BCUT2D eigenvalue weighted by atomic mass is 10.1. The fraction of sp³-hybridized carbons (Fsp3) is 0.706. The van der Waals surface area contributed by atoms with Crippen molar-refractivity contribution in [3.8, 4) is 5.75 Å². The zero-order valence-electron chi connectivity index (χ0n) is 14.5. The number of aliphatic hydroxyl groups excluding tert-OH is 2. The number of hydrogen-bond donors (Lipinski definition) is 3. The molecule has 3 heterocycles. The van der Waals surface area contributed by atoms with Crippen molar-refractivity contribution in [2.75, 3.05) is 46.3 Å². The minimum Gasteiger partial charge on any atom is -0.506 e. The number of aryl methyl sites for hydroxylation is 1. The van der Waals surface area contributed by atoms with E-state index in [1.54, 1.807) is 13.1 Å². The molecule has 3 N–H and O–H groups in total. The molecule has 0 radical (unpaired) electrons. The van der Waals surface area contributed by atoms with Crippen LogP contribution < -0.4 is 0 Å². The molecule has 134 valence electrons. The van der Waals surface area contributed by atoms with Gasteiger partial charge in [-0.25, -0.2) is 0 Å². The number of likely N-dealkylation sites (tertiary alicyclic amines) is 1. The Bertz CT molecular complexity index is 575. The average molecular weight is 336 g/mol. The lowest BCUT2D eigenvalue weighted by Crippen LogP contribution is -2.52. The molecule has 0 saturated carbocycles. The number of piperazine rings is 1. The Labute approximate surface area is 143 Å². The molecule has 1 aromatic rings. The van der Waals surface area contributed by atoms with Crippen LogP contribution in [0, 0.1) is 6.92 Å². The molecule has 2 aliphatic heterocycles. The largest absolute Gasteiger partial charge is 0.506 e. The Hall–Kier alpha value is -1.25. The normalized spacial score (nSPS) is 27.0. The van der Waals surface area contributed by atoms with Gasteiger partial charge in [0.1, 0.15) is 5.75 Å². The Balaban J connectivity index is 1.68. The number of hydrogen-bond acceptors (Lipinski definition) is 7. The first kappa shape index (κ1) is 17.6. The van der Waals surface area contributed by atoms with Gasteiger partial charge in [0.25, 0.3) is 0 Å². The number of likely N-dealkylation sites (N-methyl/N-ethyl adjacent to an activating group) is 1. The lowest BCUT2D eigenvalue weighted by molar-refractivity contribution is 0.0512. The maximum atomic E-state index is 10.5. The molecule has 0 amide bonds. The zero-order chi connectivity index (χ0) is 17.3. The van der Waals surface area contributed by atoms with Gasteiger partial charge in [-0.05, 0) is 14.0 Å². The Morgan fingerprint density at radius 1 is 1.21 bits per heavy atom. The summed E-state index contributed by atoms with van der Waals surface area (Å²) in [6.07, 6.45) is 1.24. The van der Waals surface area contributed by atoms with E-state index < -0.39 is 0 Å². The third-order valence-electron chi connectivity index (χ3n) is 5.32. The molecule has 2 aliphatic rings. The highest BCUT2D eigenvalue weighted by Gasteiger charge is 2.36. The van der Waals surface area contributed by atoms with E-state index in [9.17, 15) is 15.3 Å². The van der Waals surface area contributed by atoms with Crippen molar-refractivity contribution < 1.29 is 15.3 Å². The molecular formula is C17H28N4O3. The van der Waals surface area contributed by atoms with Gasteiger partial charge in [0.05, 0.1) is 18.4 Å². The molecule has 7 heteroatoms. The smallest absolute Gasteiger partial charge is 0.141 e. The number of rotatable bonds is 4. The van der Waals surface area contributed by atoms with Crippen LogP contribution in [0.2, 0.25) is 0 Å². The fourth-order valence-electron chi connectivity index (χ4n) is 3.71. The highest BCUT2D eigenvalue weighted by atomic mass is 16.3. The summed E-state index contributed by atoms with van der Waals surface area (Å²) in [5.74, 6) is 0.152. The molecule has 2 atom stereocenters. The van der Waals surface area contributed by atoms with E-state index >= 15 is 0 Å². The summed E-state index contributed by atoms with van der Waals surface area (Å²) in [5, 5.41) is 30.3. The predicted molar refractivity (Wildman–Crippen MR) is 90.7 cm³/mol. The standard InChI is InChI=1S/C17H28N4O3/c1-12-17(24)14(13(11-22)7-18-12)8-20-9-15(16(23)10-20)21-5-3-19(2)4-6-21/h7,15-16,22-24H,3-6,8-11H2,1-2H3/t15-,16-/m0/s1. The third-order valence-corrected chi connectivity index (χ3v) is 5.32. The first-order chi connectivity index (χ1) is 11.5. The number of pyridine rings is 1. The van der Waals surface area contributed by atoms with Crippen molar-refractivity contribution in [3.05, 3.63) is 23.0 Å². The highest BCUT2D eigenvalue weighted by Crippen LogP contribution is 2.28. The molecule has 2 fully saturated rings. The van der Waals surface area contributed by atoms with Gasteiger partial charge in [0.2, 0.25) is 0 Å². The summed E-state index contributed by atoms with van der Waals surface area (Å²) >= 11 is 0. The van der Waals surface area contributed by atoms with Crippen molar-refractivity contribution in [2.24, 2.45) is 0 Å². The molecule has 24 heavy (non-hydrogen) atoms. The van der Waals surface area contributed by atoms with Gasteiger partial charge in [-0.1, -0.05) is 0 Å². The van der Waals surface area contributed by atoms with E-state index in [4.69, 9.17) is 0 Å². The Kier molecular flexibility index (Phi) is 5.36. The lowest BCUT2D eigenvalue weighted by Gasteiger charge is -2.37. The number of aromatic hydroxyl groups is 1. The average Bonchev–Trinajstić information content (AvgIpc) is 2.93. The number of β-amino-alcohol motifs (C(OH)–C–C–N with tert-alkyl or cyclic N) is 1. The summed E-state index contributed by atoms with van der Waals surface area (Å²) in [4.78, 5) is 10.9. The molecule has 3 rings (SSSR count). The summed E-state index contributed by atoms with van der Waals surface area (Å²) in [6, 6.07) is 0.140. The van der Waals surface area contributed by atoms with Crippen molar-refractivity contribution >= 4 is 0 Å². The summed E-state index contributed by atoms with van der Waals surface area (Å²) in [5.41, 5.74) is 1.93. The van der Waals surface area contributed by atoms with E-state index in [0.29, 0.717) is 24.3 Å². The molecule has 7 nitrogen and oxygen atoms in total. The van der Waals surface area contributed by atoms with E-state index in [2.05, 4.69) is 26.7 Å². The first-order valence-corrected chi connectivity index (χ1v) is 8.59. The third kappa shape index (κ3) is 3.55. The van der Waals surface area contributed by atoms with Gasteiger partial charge >= 0.3 is 0 Å². The Morgan fingerprint density at radius 2 is 1.92 bits per heavy atom. The first-order valence-electron chi connectivity index (χ1n) is 8.59. The van der Waals surface area contributed by atoms with Gasteiger partial charge in [0, 0.05) is 69.2 Å². The highest BCUT2D eigenvalue weighted by molar-refractivity contribution is 5.40. The fourth-order valence-corrected chi connectivity index (χ4v) is 3.71. The van der Waals surface area contributed by atoms with Crippen molar-refractivity contribution in [1.29, 1.82) is 0 Å². The SMILES string of the molecule is Cc1ncc(CO)c(CN2C[C@H](O)[C@@H](N3CCN(C)CC3)C2)c1O. The van der Waals surface area contributed by atoms with E-state index in [-0.39, 0.29) is 24.5 Å². The topological polar surface area (TPSA) is 83.3 Å². The zero-order valence-corrected chi connectivity index (χ0v) is 14.5. The van der Waals surface area contributed by atoms with Crippen LogP contribution in [0.4, 0.5) is 0 Å². The Morgan fingerprint density at radius 3 is 2.58 bits per heavy atom. The van der Waals surface area contributed by atoms with Crippen LogP contribution in [0.1, 0.15) is 16.8 Å². The number of aromatic nitrogens is 1. The van der Waals surface area contributed by atoms with Gasteiger partial charge in [0.15, 0.2) is 0 Å². The van der Waals surface area contributed by atoms with Crippen molar-refractivity contribution in [1.82, 2.24) is 19.7 Å². The molecule has 1 aromatic heterocycles. The van der Waals surface area contributed by atoms with Crippen LogP contribution in [0.25, 0.3) is 0 Å². The van der Waals surface area contributed by atoms with Crippen molar-refractivity contribution in [3.63, 3.8) is 0 Å².